The van der Waals surface area contributed by atoms with Gasteiger partial charge in [0.1, 0.15) is 11.5 Å². The van der Waals surface area contributed by atoms with Gasteiger partial charge in [0.2, 0.25) is 0 Å². The highest BCUT2D eigenvalue weighted by atomic mass is 16.5. The predicted molar refractivity (Wildman–Crippen MR) is 83.7 cm³/mol. The third-order valence-corrected chi connectivity index (χ3v) is 4.13. The largest absolute Gasteiger partial charge is 0.493 e. The highest BCUT2D eigenvalue weighted by Crippen LogP contribution is 2.38. The first-order valence-electron chi connectivity index (χ1n) is 7.87. The van der Waals surface area contributed by atoms with Crippen molar-refractivity contribution >= 4 is 0 Å². The Hall–Kier alpha value is -1.74. The number of benzene rings is 1. The molecule has 1 aromatic heterocycles. The minimum Gasteiger partial charge on any atom is -0.493 e. The molecule has 112 valence electrons. The van der Waals surface area contributed by atoms with Crippen molar-refractivity contribution in [3.05, 3.63) is 54.0 Å². The maximum absolute atomic E-state index is 5.76. The van der Waals surface area contributed by atoms with Crippen LogP contribution in [0.1, 0.15) is 49.5 Å². The number of nitrogens with one attached hydrogen (secondary N) is 1. The second-order valence-corrected chi connectivity index (χ2v) is 5.63. The van der Waals surface area contributed by atoms with Crippen LogP contribution in [0.2, 0.25) is 0 Å². The van der Waals surface area contributed by atoms with E-state index >= 15 is 0 Å². The first kappa shape index (κ1) is 14.2. The summed E-state index contributed by atoms with van der Waals surface area (Å²) in [6.07, 6.45) is 5.01. The van der Waals surface area contributed by atoms with Crippen molar-refractivity contribution in [2.75, 3.05) is 13.2 Å². The summed E-state index contributed by atoms with van der Waals surface area (Å²) in [4.78, 5) is 0. The molecule has 3 heteroatoms. The molecule has 0 aliphatic carbocycles. The number of hydrogen-bond donors (Lipinski definition) is 1. The highest BCUT2D eigenvalue weighted by Gasteiger charge is 2.25. The second kappa shape index (κ2) is 6.81. The molecule has 0 saturated heterocycles. The SMILES string of the molecule is CCCNC(CC1CCOc2ccccc21)c1ccco1. The molecule has 0 saturated carbocycles. The van der Waals surface area contributed by atoms with Crippen LogP contribution in [0.5, 0.6) is 5.75 Å². The Balaban J connectivity index is 1.77. The third-order valence-electron chi connectivity index (χ3n) is 4.13. The van der Waals surface area contributed by atoms with Gasteiger partial charge in [0.15, 0.2) is 0 Å². The number of rotatable bonds is 6. The standard InChI is InChI=1S/C18H23NO2/c1-2-10-19-16(18-8-5-11-20-18)13-14-9-12-21-17-7-4-3-6-15(14)17/h3-8,11,14,16,19H,2,9-10,12-13H2,1H3. The molecule has 0 amide bonds. The summed E-state index contributed by atoms with van der Waals surface area (Å²) < 4.78 is 11.4. The van der Waals surface area contributed by atoms with E-state index < -0.39 is 0 Å². The van der Waals surface area contributed by atoms with Crippen molar-refractivity contribution in [3.8, 4) is 5.75 Å². The van der Waals surface area contributed by atoms with Gasteiger partial charge in [-0.1, -0.05) is 25.1 Å². The van der Waals surface area contributed by atoms with E-state index in [1.165, 1.54) is 5.56 Å². The minimum absolute atomic E-state index is 0.274. The zero-order chi connectivity index (χ0) is 14.5. The fourth-order valence-corrected chi connectivity index (χ4v) is 3.05. The van der Waals surface area contributed by atoms with E-state index in [1.54, 1.807) is 6.26 Å². The van der Waals surface area contributed by atoms with Crippen LogP contribution in [-0.4, -0.2) is 13.2 Å². The minimum atomic E-state index is 0.274. The molecule has 21 heavy (non-hydrogen) atoms. The Bertz CT molecular complexity index is 550. The van der Waals surface area contributed by atoms with E-state index in [0.29, 0.717) is 5.92 Å². The fraction of sp³-hybridized carbons (Fsp3) is 0.444. The molecule has 2 heterocycles. The van der Waals surface area contributed by atoms with E-state index in [2.05, 4.69) is 36.5 Å². The van der Waals surface area contributed by atoms with Crippen LogP contribution < -0.4 is 10.1 Å². The smallest absolute Gasteiger partial charge is 0.122 e. The maximum Gasteiger partial charge on any atom is 0.122 e. The van der Waals surface area contributed by atoms with E-state index in [0.717, 1.165) is 43.9 Å². The molecule has 3 rings (SSSR count). The zero-order valence-corrected chi connectivity index (χ0v) is 12.5. The van der Waals surface area contributed by atoms with Gasteiger partial charge in [0.25, 0.3) is 0 Å². The molecule has 1 aromatic carbocycles. The van der Waals surface area contributed by atoms with E-state index in [-0.39, 0.29) is 6.04 Å². The van der Waals surface area contributed by atoms with Gasteiger partial charge in [0, 0.05) is 0 Å². The Morgan fingerprint density at radius 3 is 2.95 bits per heavy atom. The molecule has 1 aliphatic heterocycles. The Kier molecular flexibility index (Phi) is 4.61. The molecule has 2 atom stereocenters. The second-order valence-electron chi connectivity index (χ2n) is 5.63. The van der Waals surface area contributed by atoms with Gasteiger partial charge in [-0.3, -0.25) is 0 Å². The predicted octanol–water partition coefficient (Wildman–Crippen LogP) is 4.28. The van der Waals surface area contributed by atoms with E-state index in [4.69, 9.17) is 9.15 Å². The van der Waals surface area contributed by atoms with Gasteiger partial charge in [-0.25, -0.2) is 0 Å². The molecule has 1 N–H and O–H groups in total. The summed E-state index contributed by atoms with van der Waals surface area (Å²) >= 11 is 0. The fourth-order valence-electron chi connectivity index (χ4n) is 3.05. The molecule has 0 radical (unpaired) electrons. The molecule has 2 aromatic rings. The van der Waals surface area contributed by atoms with Crippen molar-refractivity contribution in [1.29, 1.82) is 0 Å². The van der Waals surface area contributed by atoms with Gasteiger partial charge in [-0.15, -0.1) is 0 Å². The van der Waals surface area contributed by atoms with Gasteiger partial charge in [0.05, 0.1) is 18.9 Å². The van der Waals surface area contributed by atoms with Crippen molar-refractivity contribution in [3.63, 3.8) is 0 Å². The zero-order valence-electron chi connectivity index (χ0n) is 12.5. The molecule has 3 nitrogen and oxygen atoms in total. The average Bonchev–Trinajstić information content (AvgIpc) is 3.06. The Labute approximate surface area is 126 Å². The maximum atomic E-state index is 5.76. The van der Waals surface area contributed by atoms with Crippen LogP contribution in [-0.2, 0) is 0 Å². The summed E-state index contributed by atoms with van der Waals surface area (Å²) in [6, 6.07) is 12.7. The van der Waals surface area contributed by atoms with Gasteiger partial charge in [-0.05, 0) is 55.5 Å². The molecule has 0 bridgehead atoms. The summed E-state index contributed by atoms with van der Waals surface area (Å²) in [5.41, 5.74) is 1.33. The van der Waals surface area contributed by atoms with E-state index in [9.17, 15) is 0 Å². The lowest BCUT2D eigenvalue weighted by Gasteiger charge is -2.29. The topological polar surface area (TPSA) is 34.4 Å². The van der Waals surface area contributed by atoms with Crippen molar-refractivity contribution < 1.29 is 9.15 Å². The lowest BCUT2D eigenvalue weighted by molar-refractivity contribution is 0.250. The lowest BCUT2D eigenvalue weighted by atomic mass is 9.87. The average molecular weight is 285 g/mol. The van der Waals surface area contributed by atoms with Crippen LogP contribution in [0.25, 0.3) is 0 Å². The Morgan fingerprint density at radius 1 is 1.24 bits per heavy atom. The number of para-hydroxylation sites is 1. The monoisotopic (exact) mass is 285 g/mol. The van der Waals surface area contributed by atoms with E-state index in [1.807, 2.05) is 12.1 Å². The normalized spacial score (nSPS) is 18.8. The molecular formula is C18H23NO2. The van der Waals surface area contributed by atoms with Crippen molar-refractivity contribution in [1.82, 2.24) is 5.32 Å². The third kappa shape index (κ3) is 3.30. The van der Waals surface area contributed by atoms with Crippen LogP contribution >= 0.6 is 0 Å². The number of ether oxygens (including phenoxy) is 1. The van der Waals surface area contributed by atoms with Crippen LogP contribution in [0.3, 0.4) is 0 Å². The molecular weight excluding hydrogens is 262 g/mol. The van der Waals surface area contributed by atoms with Gasteiger partial charge in [-0.2, -0.15) is 0 Å². The first-order chi connectivity index (χ1) is 10.4. The Morgan fingerprint density at radius 2 is 2.14 bits per heavy atom. The molecule has 0 fully saturated rings. The first-order valence-corrected chi connectivity index (χ1v) is 7.87. The van der Waals surface area contributed by atoms with Crippen molar-refractivity contribution in [2.45, 2.75) is 38.1 Å². The number of fused-ring (bicyclic) bond motifs is 1. The summed E-state index contributed by atoms with van der Waals surface area (Å²) in [7, 11) is 0. The molecule has 2 unspecified atom stereocenters. The van der Waals surface area contributed by atoms with Crippen molar-refractivity contribution in [2.24, 2.45) is 0 Å². The van der Waals surface area contributed by atoms with Gasteiger partial charge < -0.3 is 14.5 Å². The van der Waals surface area contributed by atoms with Crippen LogP contribution in [0.4, 0.5) is 0 Å². The number of hydrogen-bond acceptors (Lipinski definition) is 3. The summed E-state index contributed by atoms with van der Waals surface area (Å²) in [5, 5.41) is 3.62. The van der Waals surface area contributed by atoms with Crippen LogP contribution in [0, 0.1) is 0 Å². The number of furan rings is 1. The summed E-state index contributed by atoms with van der Waals surface area (Å²) in [6.45, 7) is 4.01. The quantitative estimate of drug-likeness (QED) is 0.860. The van der Waals surface area contributed by atoms with Crippen LogP contribution in [0.15, 0.2) is 47.1 Å². The molecule has 0 spiro atoms. The highest BCUT2D eigenvalue weighted by molar-refractivity contribution is 5.38. The summed E-state index contributed by atoms with van der Waals surface area (Å²) in [5.74, 6) is 2.60. The lowest BCUT2D eigenvalue weighted by Crippen LogP contribution is -2.25. The molecule has 1 aliphatic rings. The van der Waals surface area contributed by atoms with Gasteiger partial charge >= 0.3 is 0 Å².